The van der Waals surface area contributed by atoms with E-state index < -0.39 is 0 Å². The summed E-state index contributed by atoms with van der Waals surface area (Å²) in [4.78, 5) is 0. The van der Waals surface area contributed by atoms with E-state index in [0.29, 0.717) is 6.04 Å². The Bertz CT molecular complexity index is 399. The van der Waals surface area contributed by atoms with Crippen molar-refractivity contribution in [3.8, 4) is 0 Å². The SMILES string of the molecule is CC(NC1CCOC1C)c1ccc(Br)cc1Cl. The van der Waals surface area contributed by atoms with Gasteiger partial charge in [-0.1, -0.05) is 33.6 Å². The minimum Gasteiger partial charge on any atom is -0.377 e. The number of halogens is 2. The van der Waals surface area contributed by atoms with Gasteiger partial charge < -0.3 is 10.1 Å². The summed E-state index contributed by atoms with van der Waals surface area (Å²) in [5.74, 6) is 0. The number of benzene rings is 1. The molecule has 0 amide bonds. The highest BCUT2D eigenvalue weighted by Crippen LogP contribution is 2.27. The fourth-order valence-corrected chi connectivity index (χ4v) is 3.05. The molecule has 1 fully saturated rings. The monoisotopic (exact) mass is 317 g/mol. The molecule has 4 heteroatoms. The van der Waals surface area contributed by atoms with E-state index in [0.717, 1.165) is 28.1 Å². The van der Waals surface area contributed by atoms with Crippen LogP contribution in [0.15, 0.2) is 22.7 Å². The van der Waals surface area contributed by atoms with Crippen molar-refractivity contribution in [2.75, 3.05) is 6.61 Å². The predicted molar refractivity (Wildman–Crippen MR) is 74.5 cm³/mol. The fraction of sp³-hybridized carbons (Fsp3) is 0.538. The second-order valence-electron chi connectivity index (χ2n) is 4.53. The first-order valence-corrected chi connectivity index (χ1v) is 7.07. The first kappa shape index (κ1) is 13.3. The molecule has 0 bridgehead atoms. The Kier molecular flexibility index (Phi) is 4.47. The molecule has 0 radical (unpaired) electrons. The fourth-order valence-electron chi connectivity index (χ4n) is 2.21. The van der Waals surface area contributed by atoms with E-state index in [-0.39, 0.29) is 12.1 Å². The van der Waals surface area contributed by atoms with E-state index >= 15 is 0 Å². The van der Waals surface area contributed by atoms with Gasteiger partial charge in [-0.25, -0.2) is 0 Å². The van der Waals surface area contributed by atoms with Gasteiger partial charge in [0.2, 0.25) is 0 Å². The molecule has 2 nitrogen and oxygen atoms in total. The van der Waals surface area contributed by atoms with Crippen molar-refractivity contribution in [2.45, 2.75) is 38.5 Å². The molecule has 0 spiro atoms. The lowest BCUT2D eigenvalue weighted by molar-refractivity contribution is 0.111. The van der Waals surface area contributed by atoms with E-state index in [4.69, 9.17) is 16.3 Å². The van der Waals surface area contributed by atoms with Crippen molar-refractivity contribution in [2.24, 2.45) is 0 Å². The highest BCUT2D eigenvalue weighted by Gasteiger charge is 2.26. The van der Waals surface area contributed by atoms with E-state index in [1.807, 2.05) is 12.1 Å². The number of hydrogen-bond donors (Lipinski definition) is 1. The first-order valence-electron chi connectivity index (χ1n) is 5.90. The summed E-state index contributed by atoms with van der Waals surface area (Å²) >= 11 is 9.66. The quantitative estimate of drug-likeness (QED) is 0.911. The summed E-state index contributed by atoms with van der Waals surface area (Å²) in [6, 6.07) is 6.68. The maximum atomic E-state index is 6.24. The molecule has 1 aromatic carbocycles. The van der Waals surface area contributed by atoms with E-state index in [1.165, 1.54) is 0 Å². The average Bonchev–Trinajstić information content (AvgIpc) is 2.64. The Labute approximate surface area is 116 Å². The molecular weight excluding hydrogens is 302 g/mol. The van der Waals surface area contributed by atoms with Crippen LogP contribution in [0.25, 0.3) is 0 Å². The zero-order chi connectivity index (χ0) is 12.4. The van der Waals surface area contributed by atoms with Crippen LogP contribution in [0.5, 0.6) is 0 Å². The molecule has 0 saturated carbocycles. The third kappa shape index (κ3) is 3.22. The lowest BCUT2D eigenvalue weighted by Crippen LogP contribution is -2.36. The summed E-state index contributed by atoms with van der Waals surface area (Å²) in [6.45, 7) is 5.10. The molecule has 1 aliphatic heterocycles. The van der Waals surface area contributed by atoms with Gasteiger partial charge in [0.1, 0.15) is 0 Å². The van der Waals surface area contributed by atoms with Gasteiger partial charge in [-0.3, -0.25) is 0 Å². The van der Waals surface area contributed by atoms with Crippen molar-refractivity contribution in [1.29, 1.82) is 0 Å². The van der Waals surface area contributed by atoms with Crippen LogP contribution >= 0.6 is 27.5 Å². The maximum Gasteiger partial charge on any atom is 0.0700 e. The van der Waals surface area contributed by atoms with Crippen molar-refractivity contribution >= 4 is 27.5 Å². The molecular formula is C13H17BrClNO. The van der Waals surface area contributed by atoms with Gasteiger partial charge in [0.05, 0.1) is 6.10 Å². The van der Waals surface area contributed by atoms with Gasteiger partial charge in [-0.15, -0.1) is 0 Å². The molecule has 3 atom stereocenters. The van der Waals surface area contributed by atoms with E-state index in [1.54, 1.807) is 0 Å². The average molecular weight is 319 g/mol. The molecule has 94 valence electrons. The summed E-state index contributed by atoms with van der Waals surface area (Å²) in [5, 5.41) is 4.38. The number of hydrogen-bond acceptors (Lipinski definition) is 2. The van der Waals surface area contributed by atoms with Crippen LogP contribution in [0, 0.1) is 0 Å². The smallest absolute Gasteiger partial charge is 0.0700 e. The van der Waals surface area contributed by atoms with Crippen LogP contribution in [0.3, 0.4) is 0 Å². The Morgan fingerprint density at radius 3 is 2.88 bits per heavy atom. The van der Waals surface area contributed by atoms with E-state index in [9.17, 15) is 0 Å². The molecule has 2 rings (SSSR count). The lowest BCUT2D eigenvalue weighted by atomic mass is 10.1. The zero-order valence-electron chi connectivity index (χ0n) is 10.0. The maximum absolute atomic E-state index is 6.24. The van der Waals surface area contributed by atoms with Crippen molar-refractivity contribution < 1.29 is 4.74 Å². The van der Waals surface area contributed by atoms with Gasteiger partial charge in [0.25, 0.3) is 0 Å². The third-order valence-corrected chi connectivity index (χ3v) is 4.09. The molecule has 17 heavy (non-hydrogen) atoms. The second kappa shape index (κ2) is 5.70. The first-order chi connectivity index (χ1) is 8.08. The van der Waals surface area contributed by atoms with Crippen LogP contribution in [0.2, 0.25) is 5.02 Å². The molecule has 1 saturated heterocycles. The summed E-state index contributed by atoms with van der Waals surface area (Å²) in [7, 11) is 0. The Hall–Kier alpha value is -0.0900. The molecule has 1 aromatic rings. The minimum atomic E-state index is 0.241. The van der Waals surface area contributed by atoms with Crippen LogP contribution < -0.4 is 5.32 Å². The van der Waals surface area contributed by atoms with Crippen LogP contribution in [0.4, 0.5) is 0 Å². The van der Waals surface area contributed by atoms with Gasteiger partial charge in [-0.05, 0) is 38.0 Å². The van der Waals surface area contributed by atoms with Crippen LogP contribution in [0.1, 0.15) is 31.9 Å². The van der Waals surface area contributed by atoms with Gasteiger partial charge in [0.15, 0.2) is 0 Å². The highest BCUT2D eigenvalue weighted by molar-refractivity contribution is 9.10. The standard InChI is InChI=1S/C13H17BrClNO/c1-8(16-13-5-6-17-9(13)2)11-4-3-10(14)7-12(11)15/h3-4,7-9,13,16H,5-6H2,1-2H3. The van der Waals surface area contributed by atoms with Crippen molar-refractivity contribution in [3.63, 3.8) is 0 Å². The summed E-state index contributed by atoms with van der Waals surface area (Å²) in [5.41, 5.74) is 1.13. The second-order valence-corrected chi connectivity index (χ2v) is 5.85. The van der Waals surface area contributed by atoms with Gasteiger partial charge >= 0.3 is 0 Å². The number of nitrogens with one attached hydrogen (secondary N) is 1. The summed E-state index contributed by atoms with van der Waals surface area (Å²) < 4.78 is 6.56. The topological polar surface area (TPSA) is 21.3 Å². The molecule has 1 N–H and O–H groups in total. The Morgan fingerprint density at radius 1 is 1.53 bits per heavy atom. The van der Waals surface area contributed by atoms with E-state index in [2.05, 4.69) is 41.2 Å². The Morgan fingerprint density at radius 2 is 2.29 bits per heavy atom. The minimum absolute atomic E-state index is 0.241. The lowest BCUT2D eigenvalue weighted by Gasteiger charge is -2.22. The molecule has 3 unspecified atom stereocenters. The molecule has 0 aromatic heterocycles. The Balaban J connectivity index is 2.06. The third-order valence-electron chi connectivity index (χ3n) is 3.27. The molecule has 0 aliphatic carbocycles. The molecule has 1 heterocycles. The normalized spacial score (nSPS) is 26.1. The number of ether oxygens (including phenoxy) is 1. The highest BCUT2D eigenvalue weighted by atomic mass is 79.9. The van der Waals surface area contributed by atoms with Gasteiger partial charge in [-0.2, -0.15) is 0 Å². The predicted octanol–water partition coefficient (Wildman–Crippen LogP) is 3.93. The number of rotatable bonds is 3. The summed E-state index contributed by atoms with van der Waals surface area (Å²) in [6.07, 6.45) is 1.35. The zero-order valence-corrected chi connectivity index (χ0v) is 12.4. The van der Waals surface area contributed by atoms with Crippen molar-refractivity contribution in [1.82, 2.24) is 5.32 Å². The van der Waals surface area contributed by atoms with Gasteiger partial charge in [0, 0.05) is 28.2 Å². The largest absolute Gasteiger partial charge is 0.377 e. The van der Waals surface area contributed by atoms with Crippen LogP contribution in [-0.2, 0) is 4.74 Å². The van der Waals surface area contributed by atoms with Crippen molar-refractivity contribution in [3.05, 3.63) is 33.3 Å². The molecule has 1 aliphatic rings. The van der Waals surface area contributed by atoms with Crippen LogP contribution in [-0.4, -0.2) is 18.8 Å².